The van der Waals surface area contributed by atoms with E-state index < -0.39 is 0 Å². The van der Waals surface area contributed by atoms with Crippen molar-refractivity contribution in [3.05, 3.63) is 29.8 Å². The van der Waals surface area contributed by atoms with Crippen molar-refractivity contribution in [1.29, 1.82) is 0 Å². The monoisotopic (exact) mass is 205 g/mol. The Bertz CT molecular complexity index is 318. The maximum Gasteiger partial charge on any atom is 0.119 e. The Morgan fingerprint density at radius 3 is 2.87 bits per heavy atom. The van der Waals surface area contributed by atoms with Gasteiger partial charge >= 0.3 is 0 Å². The Balaban J connectivity index is 1.80. The number of nitrogens with one attached hydrogen (secondary N) is 1. The van der Waals surface area contributed by atoms with Gasteiger partial charge in [-0.3, -0.25) is 0 Å². The van der Waals surface area contributed by atoms with Crippen molar-refractivity contribution in [1.82, 2.24) is 5.32 Å². The molecule has 0 bridgehead atoms. The van der Waals surface area contributed by atoms with Crippen molar-refractivity contribution >= 4 is 0 Å². The predicted molar refractivity (Wildman–Crippen MR) is 62.3 cm³/mol. The Morgan fingerprint density at radius 1 is 1.40 bits per heavy atom. The maximum atomic E-state index is 5.87. The number of rotatable bonds is 4. The summed E-state index contributed by atoms with van der Waals surface area (Å²) in [4.78, 5) is 0. The summed E-state index contributed by atoms with van der Waals surface area (Å²) in [5, 5.41) is 3.43. The molecular weight excluding hydrogens is 186 g/mol. The molecular formula is C13H19NO. The summed E-state index contributed by atoms with van der Waals surface area (Å²) in [5.74, 6) is 1.01. The fraction of sp³-hybridized carbons (Fsp3) is 0.538. The Hall–Kier alpha value is -1.02. The zero-order chi connectivity index (χ0) is 10.7. The average Bonchev–Trinajstić information content (AvgIpc) is 2.15. The molecule has 0 heterocycles. The molecule has 0 radical (unpaired) electrons. The van der Waals surface area contributed by atoms with Crippen LogP contribution in [0.15, 0.2) is 24.3 Å². The topological polar surface area (TPSA) is 21.3 Å². The lowest BCUT2D eigenvalue weighted by Gasteiger charge is -2.35. The molecule has 1 aliphatic carbocycles. The molecule has 1 aromatic carbocycles. The molecule has 0 aromatic heterocycles. The standard InChI is InChI=1S/C13H19NO/c1-3-14-11-8-13(9-11)15-12-6-4-5-10(2)7-12/h4-7,11,13-14H,3,8-9H2,1-2H3/t11-,13+. The molecule has 2 rings (SSSR count). The fourth-order valence-electron chi connectivity index (χ4n) is 2.00. The number of hydrogen-bond acceptors (Lipinski definition) is 2. The highest BCUT2D eigenvalue weighted by molar-refractivity contribution is 5.27. The first-order valence-electron chi connectivity index (χ1n) is 5.74. The number of aryl methyl sites for hydroxylation is 1. The third-order valence-corrected chi connectivity index (χ3v) is 2.88. The van der Waals surface area contributed by atoms with Crippen molar-refractivity contribution in [3.8, 4) is 5.75 Å². The van der Waals surface area contributed by atoms with E-state index in [4.69, 9.17) is 4.74 Å². The first kappa shape index (κ1) is 10.5. The highest BCUT2D eigenvalue weighted by Gasteiger charge is 2.29. The lowest BCUT2D eigenvalue weighted by molar-refractivity contribution is 0.0859. The predicted octanol–water partition coefficient (Wildman–Crippen LogP) is 2.51. The number of benzene rings is 1. The van der Waals surface area contributed by atoms with Gasteiger partial charge in [0.1, 0.15) is 11.9 Å². The summed E-state index contributed by atoms with van der Waals surface area (Å²) >= 11 is 0. The largest absolute Gasteiger partial charge is 0.490 e. The van der Waals surface area contributed by atoms with Gasteiger partial charge in [0, 0.05) is 6.04 Å². The van der Waals surface area contributed by atoms with Crippen LogP contribution in [0, 0.1) is 6.92 Å². The average molecular weight is 205 g/mol. The van der Waals surface area contributed by atoms with Crippen LogP contribution in [-0.4, -0.2) is 18.7 Å². The molecule has 82 valence electrons. The minimum absolute atomic E-state index is 0.413. The number of hydrogen-bond donors (Lipinski definition) is 1. The van der Waals surface area contributed by atoms with E-state index in [1.807, 2.05) is 12.1 Å². The first-order valence-corrected chi connectivity index (χ1v) is 5.74. The van der Waals surface area contributed by atoms with Gasteiger partial charge in [-0.1, -0.05) is 19.1 Å². The minimum Gasteiger partial charge on any atom is -0.490 e. The van der Waals surface area contributed by atoms with E-state index in [-0.39, 0.29) is 0 Å². The van der Waals surface area contributed by atoms with Gasteiger partial charge in [-0.25, -0.2) is 0 Å². The smallest absolute Gasteiger partial charge is 0.119 e. The second-order valence-corrected chi connectivity index (χ2v) is 4.28. The maximum absolute atomic E-state index is 5.87. The molecule has 1 saturated carbocycles. The van der Waals surface area contributed by atoms with Crippen LogP contribution in [0.2, 0.25) is 0 Å². The molecule has 0 atom stereocenters. The van der Waals surface area contributed by atoms with E-state index in [0.717, 1.165) is 25.1 Å². The van der Waals surface area contributed by atoms with Gasteiger partial charge in [0.2, 0.25) is 0 Å². The van der Waals surface area contributed by atoms with Gasteiger partial charge in [-0.05, 0) is 44.0 Å². The Morgan fingerprint density at radius 2 is 2.20 bits per heavy atom. The molecule has 2 nitrogen and oxygen atoms in total. The van der Waals surface area contributed by atoms with E-state index in [1.165, 1.54) is 5.56 Å². The quantitative estimate of drug-likeness (QED) is 0.815. The van der Waals surface area contributed by atoms with Gasteiger partial charge in [0.15, 0.2) is 0 Å². The summed E-state index contributed by atoms with van der Waals surface area (Å²) in [5.41, 5.74) is 1.26. The van der Waals surface area contributed by atoms with Gasteiger partial charge in [-0.2, -0.15) is 0 Å². The molecule has 0 saturated heterocycles. The molecule has 1 aliphatic rings. The summed E-state index contributed by atoms with van der Waals surface area (Å²) < 4.78 is 5.87. The summed E-state index contributed by atoms with van der Waals surface area (Å²) in [6, 6.07) is 8.94. The van der Waals surface area contributed by atoms with E-state index in [0.29, 0.717) is 12.1 Å². The van der Waals surface area contributed by atoms with Gasteiger partial charge < -0.3 is 10.1 Å². The van der Waals surface area contributed by atoms with E-state index in [1.54, 1.807) is 0 Å². The molecule has 15 heavy (non-hydrogen) atoms. The summed E-state index contributed by atoms with van der Waals surface area (Å²) in [7, 11) is 0. The van der Waals surface area contributed by atoms with E-state index in [2.05, 4.69) is 31.3 Å². The second-order valence-electron chi connectivity index (χ2n) is 4.28. The van der Waals surface area contributed by atoms with Gasteiger partial charge in [-0.15, -0.1) is 0 Å². The van der Waals surface area contributed by atoms with Crippen molar-refractivity contribution in [2.45, 2.75) is 38.8 Å². The molecule has 1 fully saturated rings. The van der Waals surface area contributed by atoms with Gasteiger partial charge in [0.25, 0.3) is 0 Å². The third-order valence-electron chi connectivity index (χ3n) is 2.88. The Labute approximate surface area is 91.6 Å². The highest BCUT2D eigenvalue weighted by Crippen LogP contribution is 2.26. The van der Waals surface area contributed by atoms with Crippen molar-refractivity contribution in [2.75, 3.05) is 6.54 Å². The molecule has 0 unspecified atom stereocenters. The van der Waals surface area contributed by atoms with Crippen LogP contribution < -0.4 is 10.1 Å². The van der Waals surface area contributed by atoms with Crippen LogP contribution in [0.25, 0.3) is 0 Å². The zero-order valence-electron chi connectivity index (χ0n) is 9.49. The normalized spacial score (nSPS) is 24.7. The van der Waals surface area contributed by atoms with E-state index >= 15 is 0 Å². The zero-order valence-corrected chi connectivity index (χ0v) is 9.49. The van der Waals surface area contributed by atoms with Crippen molar-refractivity contribution < 1.29 is 4.74 Å². The van der Waals surface area contributed by atoms with Crippen LogP contribution in [0.5, 0.6) is 5.75 Å². The van der Waals surface area contributed by atoms with Crippen molar-refractivity contribution in [3.63, 3.8) is 0 Å². The van der Waals surface area contributed by atoms with Crippen LogP contribution in [-0.2, 0) is 0 Å². The van der Waals surface area contributed by atoms with Crippen LogP contribution in [0.3, 0.4) is 0 Å². The molecule has 1 aromatic rings. The lowest BCUT2D eigenvalue weighted by Crippen LogP contribution is -2.46. The SMILES string of the molecule is CCN[C@H]1C[C@@H](Oc2cccc(C)c2)C1. The minimum atomic E-state index is 0.413. The number of ether oxygens (including phenoxy) is 1. The molecule has 1 N–H and O–H groups in total. The van der Waals surface area contributed by atoms with Crippen molar-refractivity contribution in [2.24, 2.45) is 0 Å². The second kappa shape index (κ2) is 4.67. The molecule has 0 amide bonds. The third kappa shape index (κ3) is 2.72. The molecule has 0 spiro atoms. The molecule has 2 heteroatoms. The summed E-state index contributed by atoms with van der Waals surface area (Å²) in [6.07, 6.45) is 2.69. The van der Waals surface area contributed by atoms with Crippen LogP contribution in [0.4, 0.5) is 0 Å². The van der Waals surface area contributed by atoms with Crippen LogP contribution in [0.1, 0.15) is 25.3 Å². The molecule has 0 aliphatic heterocycles. The first-order chi connectivity index (χ1) is 7.28. The Kier molecular flexibility index (Phi) is 3.27. The van der Waals surface area contributed by atoms with Gasteiger partial charge in [0.05, 0.1) is 0 Å². The lowest BCUT2D eigenvalue weighted by atomic mass is 9.89. The summed E-state index contributed by atoms with van der Waals surface area (Å²) in [6.45, 7) is 5.30. The highest BCUT2D eigenvalue weighted by atomic mass is 16.5. The van der Waals surface area contributed by atoms with Crippen LogP contribution >= 0.6 is 0 Å². The fourth-order valence-corrected chi connectivity index (χ4v) is 2.00. The van der Waals surface area contributed by atoms with E-state index in [9.17, 15) is 0 Å².